The van der Waals surface area contributed by atoms with Gasteiger partial charge in [-0.2, -0.15) is 0 Å². The third kappa shape index (κ3) is 3.55. The molecule has 1 atom stereocenters. The van der Waals surface area contributed by atoms with Gasteiger partial charge in [-0.05, 0) is 33.6 Å². The van der Waals surface area contributed by atoms with Crippen molar-refractivity contribution >= 4 is 27.8 Å². The van der Waals surface area contributed by atoms with Crippen LogP contribution >= 0.6 is 15.9 Å². The Bertz CT molecular complexity index is 538. The first-order valence-electron chi connectivity index (χ1n) is 6.15. The molecule has 0 radical (unpaired) electrons. The maximum absolute atomic E-state index is 13.2. The summed E-state index contributed by atoms with van der Waals surface area (Å²) >= 11 is 3.11. The molecule has 1 saturated heterocycles. The predicted molar refractivity (Wildman–Crippen MR) is 73.6 cm³/mol. The molecule has 2 rings (SSSR count). The number of nitrogens with one attached hydrogen (secondary N) is 1. The summed E-state index contributed by atoms with van der Waals surface area (Å²) in [5.74, 6) is -1.65. The summed E-state index contributed by atoms with van der Waals surface area (Å²) in [4.78, 5) is 24.4. The molecule has 0 bridgehead atoms. The lowest BCUT2D eigenvalue weighted by Crippen LogP contribution is -2.55. The van der Waals surface area contributed by atoms with Crippen LogP contribution in [0.1, 0.15) is 12.0 Å². The molecule has 2 N–H and O–H groups in total. The van der Waals surface area contributed by atoms with Crippen molar-refractivity contribution in [3.8, 4) is 0 Å². The molecule has 1 heterocycles. The van der Waals surface area contributed by atoms with Crippen LogP contribution in [0, 0.1) is 5.82 Å². The quantitative estimate of drug-likeness (QED) is 0.865. The first-order chi connectivity index (χ1) is 9.47. The average molecular weight is 345 g/mol. The largest absolute Gasteiger partial charge is 0.481 e. The van der Waals surface area contributed by atoms with Crippen molar-refractivity contribution in [2.45, 2.75) is 19.0 Å². The van der Waals surface area contributed by atoms with Crippen LogP contribution in [-0.4, -0.2) is 41.0 Å². The van der Waals surface area contributed by atoms with Crippen molar-refractivity contribution in [3.63, 3.8) is 0 Å². The van der Waals surface area contributed by atoms with E-state index in [2.05, 4.69) is 21.2 Å². The number of nitrogens with zero attached hydrogens (tertiary/aromatic N) is 1. The summed E-state index contributed by atoms with van der Waals surface area (Å²) in [5, 5.41) is 11.5. The van der Waals surface area contributed by atoms with Crippen molar-refractivity contribution in [2.24, 2.45) is 0 Å². The Hall–Kier alpha value is -1.47. The van der Waals surface area contributed by atoms with E-state index in [1.165, 1.54) is 6.07 Å². The van der Waals surface area contributed by atoms with Gasteiger partial charge >= 0.3 is 5.97 Å². The molecule has 0 saturated carbocycles. The van der Waals surface area contributed by atoms with Crippen LogP contribution in [0.3, 0.4) is 0 Å². The molecule has 7 heteroatoms. The maximum atomic E-state index is 13.2. The van der Waals surface area contributed by atoms with E-state index in [9.17, 15) is 14.0 Å². The maximum Gasteiger partial charge on any atom is 0.305 e. The van der Waals surface area contributed by atoms with Gasteiger partial charge in [-0.15, -0.1) is 0 Å². The minimum absolute atomic E-state index is 0.242. The highest BCUT2D eigenvalue weighted by Gasteiger charge is 2.31. The molecule has 1 fully saturated rings. The standard InChI is InChI=1S/C13H14BrFN2O3/c14-9-5-8(1-2-10(9)15)7-17-4-3-16-13(20)11(17)6-12(18)19/h1-2,5,11H,3-4,6-7H2,(H,16,20)(H,18,19). The second-order valence-corrected chi connectivity index (χ2v) is 5.48. The van der Waals surface area contributed by atoms with E-state index in [4.69, 9.17) is 5.11 Å². The molecule has 1 unspecified atom stereocenters. The van der Waals surface area contributed by atoms with E-state index in [1.807, 2.05) is 0 Å². The molecule has 108 valence electrons. The fourth-order valence-corrected chi connectivity index (χ4v) is 2.64. The second-order valence-electron chi connectivity index (χ2n) is 4.62. The number of rotatable bonds is 4. The number of piperazine rings is 1. The number of aliphatic carboxylic acids is 1. The normalized spacial score (nSPS) is 19.7. The summed E-state index contributed by atoms with van der Waals surface area (Å²) in [7, 11) is 0. The number of carbonyl (C=O) groups excluding carboxylic acids is 1. The Labute approximate surface area is 123 Å². The summed E-state index contributed by atoms with van der Waals surface area (Å²) in [6.45, 7) is 1.46. The summed E-state index contributed by atoms with van der Waals surface area (Å²) in [5.41, 5.74) is 0.823. The van der Waals surface area contributed by atoms with Crippen LogP contribution in [0.2, 0.25) is 0 Å². The zero-order chi connectivity index (χ0) is 14.7. The molecular weight excluding hydrogens is 331 g/mol. The van der Waals surface area contributed by atoms with Gasteiger partial charge in [-0.25, -0.2) is 4.39 Å². The average Bonchev–Trinajstić information content (AvgIpc) is 2.38. The molecular formula is C13H14BrFN2O3. The Kier molecular flexibility index (Phi) is 4.72. The van der Waals surface area contributed by atoms with Gasteiger partial charge in [0.1, 0.15) is 11.9 Å². The highest BCUT2D eigenvalue weighted by molar-refractivity contribution is 9.10. The molecule has 0 aliphatic carbocycles. The molecule has 1 aliphatic rings. The number of carbonyl (C=O) groups is 2. The van der Waals surface area contributed by atoms with Gasteiger partial charge in [0.05, 0.1) is 10.9 Å². The van der Waals surface area contributed by atoms with Crippen molar-refractivity contribution < 1.29 is 19.1 Å². The number of carboxylic acids is 1. The highest BCUT2D eigenvalue weighted by atomic mass is 79.9. The van der Waals surface area contributed by atoms with Gasteiger partial charge in [-0.3, -0.25) is 14.5 Å². The fraction of sp³-hybridized carbons (Fsp3) is 0.385. The SMILES string of the molecule is O=C(O)CC1C(=O)NCCN1Cc1ccc(F)c(Br)c1. The summed E-state index contributed by atoms with van der Waals surface area (Å²) < 4.78 is 13.5. The minimum atomic E-state index is -1.02. The molecule has 0 spiro atoms. The Morgan fingerprint density at radius 3 is 2.95 bits per heavy atom. The highest BCUT2D eigenvalue weighted by Crippen LogP contribution is 2.20. The van der Waals surface area contributed by atoms with Crippen molar-refractivity contribution in [1.82, 2.24) is 10.2 Å². The number of halogens is 2. The van der Waals surface area contributed by atoms with E-state index < -0.39 is 12.0 Å². The number of hydrogen-bond acceptors (Lipinski definition) is 3. The second kappa shape index (κ2) is 6.32. The zero-order valence-electron chi connectivity index (χ0n) is 10.6. The van der Waals surface area contributed by atoms with Crippen LogP contribution in [0.15, 0.2) is 22.7 Å². The Morgan fingerprint density at radius 1 is 1.55 bits per heavy atom. The zero-order valence-corrected chi connectivity index (χ0v) is 12.2. The molecule has 20 heavy (non-hydrogen) atoms. The van der Waals surface area contributed by atoms with Crippen LogP contribution in [0.5, 0.6) is 0 Å². The van der Waals surface area contributed by atoms with Gasteiger partial charge in [-0.1, -0.05) is 6.07 Å². The molecule has 1 aliphatic heterocycles. The predicted octanol–water partition coefficient (Wildman–Crippen LogP) is 1.36. The molecule has 1 aromatic carbocycles. The van der Waals surface area contributed by atoms with E-state index in [1.54, 1.807) is 17.0 Å². The van der Waals surface area contributed by atoms with Crippen molar-refractivity contribution in [3.05, 3.63) is 34.1 Å². The van der Waals surface area contributed by atoms with Crippen molar-refractivity contribution in [2.75, 3.05) is 13.1 Å². The number of carboxylic acid groups (broad SMARTS) is 1. The Morgan fingerprint density at radius 2 is 2.30 bits per heavy atom. The van der Waals surface area contributed by atoms with Crippen LogP contribution in [0.25, 0.3) is 0 Å². The molecule has 0 aromatic heterocycles. The van der Waals surface area contributed by atoms with Gasteiger partial charge < -0.3 is 10.4 Å². The third-order valence-electron chi connectivity index (χ3n) is 3.18. The lowest BCUT2D eigenvalue weighted by atomic mass is 10.1. The van der Waals surface area contributed by atoms with Crippen molar-refractivity contribution in [1.29, 1.82) is 0 Å². The van der Waals surface area contributed by atoms with Crippen LogP contribution in [-0.2, 0) is 16.1 Å². The minimum Gasteiger partial charge on any atom is -0.481 e. The summed E-state index contributed by atoms with van der Waals surface area (Å²) in [6.07, 6.45) is -0.242. The van der Waals surface area contributed by atoms with E-state index in [0.29, 0.717) is 24.1 Å². The van der Waals surface area contributed by atoms with Gasteiger partial charge in [0.25, 0.3) is 0 Å². The lowest BCUT2D eigenvalue weighted by molar-refractivity contribution is -0.143. The topological polar surface area (TPSA) is 69.6 Å². The first kappa shape index (κ1) is 14.9. The van der Waals surface area contributed by atoms with E-state index >= 15 is 0 Å². The lowest BCUT2D eigenvalue weighted by Gasteiger charge is -2.34. The smallest absolute Gasteiger partial charge is 0.305 e. The van der Waals surface area contributed by atoms with Crippen LogP contribution in [0.4, 0.5) is 4.39 Å². The van der Waals surface area contributed by atoms with Gasteiger partial charge in [0.15, 0.2) is 0 Å². The number of benzene rings is 1. The number of amides is 1. The van der Waals surface area contributed by atoms with Crippen LogP contribution < -0.4 is 5.32 Å². The first-order valence-corrected chi connectivity index (χ1v) is 6.94. The molecule has 1 amide bonds. The number of hydrogen-bond donors (Lipinski definition) is 2. The third-order valence-corrected chi connectivity index (χ3v) is 3.79. The molecule has 1 aromatic rings. The van der Waals surface area contributed by atoms with Gasteiger partial charge in [0, 0.05) is 19.6 Å². The van der Waals surface area contributed by atoms with Gasteiger partial charge in [0.2, 0.25) is 5.91 Å². The van der Waals surface area contributed by atoms with E-state index in [0.717, 1.165) is 5.56 Å². The van der Waals surface area contributed by atoms with E-state index in [-0.39, 0.29) is 18.1 Å². The molecule has 5 nitrogen and oxygen atoms in total. The monoisotopic (exact) mass is 344 g/mol. The fourth-order valence-electron chi connectivity index (χ4n) is 2.21. The summed E-state index contributed by atoms with van der Waals surface area (Å²) in [6, 6.07) is 3.92. The Balaban J connectivity index is 2.13.